The van der Waals surface area contributed by atoms with Gasteiger partial charge in [0.1, 0.15) is 11.6 Å². The number of fused-ring (bicyclic) bond motifs is 24. The van der Waals surface area contributed by atoms with E-state index >= 15 is 0 Å². The lowest BCUT2D eigenvalue weighted by Gasteiger charge is -2.12. The van der Waals surface area contributed by atoms with E-state index in [9.17, 15) is 35.1 Å². The van der Waals surface area contributed by atoms with Gasteiger partial charge in [0, 0.05) is 60.2 Å². The van der Waals surface area contributed by atoms with Gasteiger partial charge in [-0.3, -0.25) is 0 Å². The third-order valence-corrected chi connectivity index (χ3v) is 28.6. The second-order valence-electron chi connectivity index (χ2n) is 36.6. The number of halogens is 8. The van der Waals surface area contributed by atoms with Crippen molar-refractivity contribution in [3.05, 3.63) is 504 Å². The number of aromatic nitrogens is 4. The van der Waals surface area contributed by atoms with Gasteiger partial charge in [-0.15, -0.1) is 0 Å². The fraction of sp³-hybridized carbons (Fsp3) is 0.0551. The van der Waals surface area contributed by atoms with Crippen LogP contribution >= 0.6 is 0 Å². The SMILES string of the molecule is Cc1ccccc1-n1c2ccccc2c2cc(-c3ccc4c(c3)-c3ccccc3C4)ccc21.FC(F)(F)c1ccc(-n2c3ccccc3c3cc(-c4ccc5c(c4)-c4ccccc4C5)ccc32)cc1.FC(F)(F)c1cccc(-n2c3ccccc3c3cc(-c4ccc5c(c4)-c4ccccc4C5)ccc32)c1.Fc1ccc2c(c1)c1cc(-c3ccc4c(c3)-c3ccccc3C4)ccc1n2-c1ccccc1F. The van der Waals surface area contributed by atoms with Crippen molar-refractivity contribution in [1.29, 1.82) is 0 Å². The Morgan fingerprint density at radius 1 is 0.194 bits per heavy atom. The normalized spacial score (nSPS) is 12.5. The second-order valence-corrected chi connectivity index (χ2v) is 36.6. The molecule has 666 valence electrons. The smallest absolute Gasteiger partial charge is 0.309 e. The van der Waals surface area contributed by atoms with Gasteiger partial charge >= 0.3 is 12.4 Å². The lowest BCUT2D eigenvalue weighted by molar-refractivity contribution is -0.138. The zero-order valence-electron chi connectivity index (χ0n) is 75.1. The molecule has 0 atom stereocenters. The predicted octanol–water partition coefficient (Wildman–Crippen LogP) is 34.7. The van der Waals surface area contributed by atoms with Gasteiger partial charge in [0.2, 0.25) is 0 Å². The fourth-order valence-electron chi connectivity index (χ4n) is 22.0. The fourth-order valence-corrected chi connectivity index (χ4v) is 22.0. The zero-order chi connectivity index (χ0) is 93.6. The molecule has 0 bridgehead atoms. The summed E-state index contributed by atoms with van der Waals surface area (Å²) in [7, 11) is 0. The molecule has 0 fully saturated rings. The number of rotatable bonds is 8. The molecule has 4 heterocycles. The first-order valence-corrected chi connectivity index (χ1v) is 46.8. The number of hydrogen-bond donors (Lipinski definition) is 0. The van der Waals surface area contributed by atoms with E-state index in [-0.39, 0.29) is 11.6 Å². The lowest BCUT2D eigenvalue weighted by Crippen LogP contribution is -2.06. The summed E-state index contributed by atoms with van der Waals surface area (Å²) < 4.78 is 117. The van der Waals surface area contributed by atoms with Gasteiger partial charge in [0.05, 0.1) is 60.9 Å². The summed E-state index contributed by atoms with van der Waals surface area (Å²) in [4.78, 5) is 0. The minimum atomic E-state index is -4.39. The van der Waals surface area contributed by atoms with E-state index < -0.39 is 23.5 Å². The maximum atomic E-state index is 14.8. The van der Waals surface area contributed by atoms with E-state index in [2.05, 4.69) is 297 Å². The Bertz CT molecular complexity index is 9170. The van der Waals surface area contributed by atoms with Crippen LogP contribution < -0.4 is 0 Å². The summed E-state index contributed by atoms with van der Waals surface area (Å²) in [6.45, 7) is 2.19. The first kappa shape index (κ1) is 83.8. The maximum Gasteiger partial charge on any atom is 0.416 e. The Kier molecular flexibility index (Phi) is 20.1. The van der Waals surface area contributed by atoms with Gasteiger partial charge in [0.15, 0.2) is 0 Å². The van der Waals surface area contributed by atoms with Crippen LogP contribution in [0.1, 0.15) is 61.2 Å². The molecule has 4 aliphatic rings. The molecule has 0 aliphatic heterocycles. The van der Waals surface area contributed by atoms with Crippen LogP contribution in [0.2, 0.25) is 0 Å². The Morgan fingerprint density at radius 3 is 0.892 bits per heavy atom. The highest BCUT2D eigenvalue weighted by molar-refractivity contribution is 6.15. The van der Waals surface area contributed by atoms with Crippen LogP contribution in [-0.4, -0.2) is 18.3 Å². The first-order chi connectivity index (χ1) is 67.9. The van der Waals surface area contributed by atoms with Gasteiger partial charge in [-0.1, -0.05) is 261 Å². The summed E-state index contributed by atoms with van der Waals surface area (Å²) in [5.74, 6) is -0.619. The van der Waals surface area contributed by atoms with E-state index in [1.807, 2.05) is 74.4 Å². The molecule has 20 aromatic carbocycles. The van der Waals surface area contributed by atoms with E-state index in [0.717, 1.165) is 143 Å². The topological polar surface area (TPSA) is 19.7 Å². The number of para-hydroxylation sites is 5. The van der Waals surface area contributed by atoms with Crippen molar-refractivity contribution in [1.82, 2.24) is 18.3 Å². The monoisotopic (exact) mass is 1810 g/mol. The number of aryl methyl sites for hydroxylation is 1. The molecule has 24 aromatic rings. The van der Waals surface area contributed by atoms with Gasteiger partial charge in [-0.25, -0.2) is 8.78 Å². The van der Waals surface area contributed by atoms with E-state index in [1.54, 1.807) is 36.4 Å². The predicted molar refractivity (Wildman–Crippen MR) is 552 cm³/mol. The number of alkyl halides is 6. The van der Waals surface area contributed by atoms with Gasteiger partial charge in [0.25, 0.3) is 0 Å². The second kappa shape index (κ2) is 33.2. The molecule has 0 amide bonds. The highest BCUT2D eigenvalue weighted by atomic mass is 19.4. The van der Waals surface area contributed by atoms with E-state index in [4.69, 9.17) is 0 Å². The molecule has 0 N–H and O–H groups in total. The molecular formula is C127H82F8N4. The average Bonchev–Trinajstić information content (AvgIpc) is 1.59. The van der Waals surface area contributed by atoms with Gasteiger partial charge in [-0.05, 0) is 342 Å². The maximum absolute atomic E-state index is 14.8. The Labute approximate surface area is 795 Å². The van der Waals surface area contributed by atoms with Crippen LogP contribution in [0.5, 0.6) is 0 Å². The zero-order valence-corrected chi connectivity index (χ0v) is 75.1. The summed E-state index contributed by atoms with van der Waals surface area (Å²) >= 11 is 0. The van der Waals surface area contributed by atoms with Crippen LogP contribution in [0, 0.1) is 18.6 Å². The van der Waals surface area contributed by atoms with Gasteiger partial charge in [-0.2, -0.15) is 26.3 Å². The molecule has 4 nitrogen and oxygen atoms in total. The molecule has 4 aromatic heterocycles. The van der Waals surface area contributed by atoms with Crippen LogP contribution in [0.15, 0.2) is 431 Å². The van der Waals surface area contributed by atoms with Crippen molar-refractivity contribution in [3.8, 4) is 112 Å². The Hall–Kier alpha value is -17.0. The van der Waals surface area contributed by atoms with Crippen molar-refractivity contribution in [3.63, 3.8) is 0 Å². The molecular weight excluding hydrogens is 1730 g/mol. The molecule has 0 radical (unpaired) electrons. The molecule has 139 heavy (non-hydrogen) atoms. The van der Waals surface area contributed by atoms with Crippen LogP contribution in [0.3, 0.4) is 0 Å². The average molecular weight is 1820 g/mol. The lowest BCUT2D eigenvalue weighted by atomic mass is 9.97. The molecule has 12 heteroatoms. The summed E-state index contributed by atoms with van der Waals surface area (Å²) in [6.07, 6.45) is -4.84. The summed E-state index contributed by atoms with van der Waals surface area (Å²) in [5.41, 5.74) is 41.3. The Balaban J connectivity index is 0.0000000981. The highest BCUT2D eigenvalue weighted by Gasteiger charge is 2.33. The van der Waals surface area contributed by atoms with E-state index in [0.29, 0.717) is 17.1 Å². The summed E-state index contributed by atoms with van der Waals surface area (Å²) in [5, 5.41) is 8.43. The number of hydrogen-bond acceptors (Lipinski definition) is 0. The minimum absolute atomic E-state index is 0.306. The molecule has 0 saturated heterocycles. The van der Waals surface area contributed by atoms with Crippen LogP contribution in [-0.2, 0) is 38.0 Å². The quantitative estimate of drug-likeness (QED) is 0.135. The number of benzene rings is 20. The largest absolute Gasteiger partial charge is 0.416 e. The molecule has 0 unspecified atom stereocenters. The van der Waals surface area contributed by atoms with Crippen LogP contribution in [0.25, 0.3) is 199 Å². The molecule has 0 saturated carbocycles. The number of nitrogens with zero attached hydrogens (tertiary/aromatic N) is 4. The van der Waals surface area contributed by atoms with E-state index in [1.165, 1.54) is 164 Å². The third kappa shape index (κ3) is 14.6. The highest BCUT2D eigenvalue weighted by Crippen LogP contribution is 2.49. The van der Waals surface area contributed by atoms with Crippen molar-refractivity contribution >= 4 is 87.2 Å². The molecule has 4 aliphatic carbocycles. The summed E-state index contributed by atoms with van der Waals surface area (Å²) in [6, 6.07) is 143. The van der Waals surface area contributed by atoms with Crippen molar-refractivity contribution in [2.45, 2.75) is 45.0 Å². The van der Waals surface area contributed by atoms with Crippen molar-refractivity contribution in [2.24, 2.45) is 0 Å². The Morgan fingerprint density at radius 2 is 0.489 bits per heavy atom. The van der Waals surface area contributed by atoms with Gasteiger partial charge < -0.3 is 18.3 Å². The minimum Gasteiger partial charge on any atom is -0.309 e. The first-order valence-electron chi connectivity index (χ1n) is 46.8. The standard InChI is InChI=1S/2C32H20F3N.C32H23N.C31H19F2N/c33-32(34,35)24-7-5-8-25(19-24)36-30-11-4-3-10-27(30)29-18-21(14-15-31(29)36)20-12-13-23-16-22-6-1-2-9-26(22)28(23)17-20;33-32(34,35)24-12-14-25(15-13-24)36-30-8-4-3-7-27(30)29-19-21(11-16-31(29)36)20-9-10-23-17-22-5-1-2-6-26(22)28(23)18-20;1-21-8-2-6-12-30(21)33-31-13-7-5-11-27(31)29-20-23(16-17-32(29)33)22-14-15-25-18-24-9-3-4-10-26(24)28(25)19-22;32-23-12-14-30-27(18-23)26-17-20(11-13-29(26)34(30)31-8-4-3-7-28(31)33)19-9-10-22-15-21-5-1-2-6-24(21)25(22)16-19/h1-15,17-19H,16H2;1-16,18-19H,17H2;2-17,19-20H,18H2,1H3;1-14,16-18H,15H2. The molecule has 0 spiro atoms. The molecule has 28 rings (SSSR count). The van der Waals surface area contributed by atoms with Crippen LogP contribution in [0.4, 0.5) is 35.1 Å². The van der Waals surface area contributed by atoms with Crippen molar-refractivity contribution in [2.75, 3.05) is 0 Å². The third-order valence-electron chi connectivity index (χ3n) is 28.6. The van der Waals surface area contributed by atoms with Crippen molar-refractivity contribution < 1.29 is 35.1 Å².